The Balaban J connectivity index is 2.22. The lowest BCUT2D eigenvalue weighted by molar-refractivity contribution is -0.120. The van der Waals surface area contributed by atoms with Crippen LogP contribution in [0.3, 0.4) is 0 Å². The number of carbonyl (C=O) groups excluding carboxylic acids is 1. The number of Topliss-reactive ketones (excluding diaryl/α,β-unsaturated/α-hetero) is 1. The molecule has 80 valence electrons. The van der Waals surface area contributed by atoms with Gasteiger partial charge in [0, 0.05) is 29.9 Å². The van der Waals surface area contributed by atoms with E-state index >= 15 is 0 Å². The normalized spacial score (nSPS) is 25.5. The predicted octanol–water partition coefficient (Wildman–Crippen LogP) is 2.23. The molecule has 1 aromatic rings. The van der Waals surface area contributed by atoms with Crippen LogP contribution in [-0.4, -0.2) is 18.9 Å². The molecule has 1 heterocycles. The zero-order chi connectivity index (χ0) is 10.8. The highest BCUT2D eigenvalue weighted by molar-refractivity contribution is 6.30. The first-order valence-electron chi connectivity index (χ1n) is 5.15. The van der Waals surface area contributed by atoms with Crippen molar-refractivity contribution in [3.05, 3.63) is 34.9 Å². The standard InChI is InChI=1S/C12H14ClNO/c1-8(15)11-6-14-7-12(11)9-2-4-10(13)5-3-9/h2-5,11-12,14H,6-7H2,1H3/t11?,12-/m0/s1. The number of rotatable bonds is 2. The fourth-order valence-corrected chi connectivity index (χ4v) is 2.29. The molecule has 1 unspecified atom stereocenters. The van der Waals surface area contributed by atoms with Gasteiger partial charge in [0.1, 0.15) is 5.78 Å². The number of ketones is 1. The third-order valence-corrected chi connectivity index (χ3v) is 3.29. The van der Waals surface area contributed by atoms with Gasteiger partial charge in [0.05, 0.1) is 0 Å². The van der Waals surface area contributed by atoms with Crippen LogP contribution in [0.25, 0.3) is 0 Å². The molecular formula is C12H14ClNO. The van der Waals surface area contributed by atoms with E-state index < -0.39 is 0 Å². The van der Waals surface area contributed by atoms with E-state index in [0.717, 1.165) is 18.1 Å². The van der Waals surface area contributed by atoms with E-state index in [1.807, 2.05) is 24.3 Å². The van der Waals surface area contributed by atoms with Crippen molar-refractivity contribution >= 4 is 17.4 Å². The Bertz CT molecular complexity index is 360. The highest BCUT2D eigenvalue weighted by Gasteiger charge is 2.31. The monoisotopic (exact) mass is 223 g/mol. The van der Waals surface area contributed by atoms with Gasteiger partial charge < -0.3 is 5.32 Å². The molecule has 1 fully saturated rings. The van der Waals surface area contributed by atoms with E-state index in [-0.39, 0.29) is 11.7 Å². The Morgan fingerprint density at radius 2 is 2.00 bits per heavy atom. The van der Waals surface area contributed by atoms with Gasteiger partial charge in [-0.3, -0.25) is 4.79 Å². The molecule has 2 rings (SSSR count). The number of nitrogens with one attached hydrogen (secondary N) is 1. The lowest BCUT2D eigenvalue weighted by Gasteiger charge is -2.16. The third kappa shape index (κ3) is 2.21. The van der Waals surface area contributed by atoms with Crippen molar-refractivity contribution in [1.82, 2.24) is 5.32 Å². The number of carbonyl (C=O) groups is 1. The van der Waals surface area contributed by atoms with Crippen LogP contribution in [0.5, 0.6) is 0 Å². The van der Waals surface area contributed by atoms with E-state index in [9.17, 15) is 4.79 Å². The first kappa shape index (κ1) is 10.7. The van der Waals surface area contributed by atoms with Gasteiger partial charge in [-0.1, -0.05) is 23.7 Å². The maximum atomic E-state index is 11.4. The minimum absolute atomic E-state index is 0.117. The number of benzene rings is 1. The molecule has 0 aliphatic carbocycles. The quantitative estimate of drug-likeness (QED) is 0.833. The summed E-state index contributed by atoms with van der Waals surface area (Å²) >= 11 is 5.83. The molecule has 2 atom stereocenters. The van der Waals surface area contributed by atoms with Gasteiger partial charge in [-0.15, -0.1) is 0 Å². The lowest BCUT2D eigenvalue weighted by Crippen LogP contribution is -2.18. The third-order valence-electron chi connectivity index (χ3n) is 3.03. The van der Waals surface area contributed by atoms with Crippen LogP contribution < -0.4 is 5.32 Å². The predicted molar refractivity (Wildman–Crippen MR) is 61.2 cm³/mol. The number of halogens is 1. The summed E-state index contributed by atoms with van der Waals surface area (Å²) < 4.78 is 0. The molecule has 0 spiro atoms. The Morgan fingerprint density at radius 3 is 2.60 bits per heavy atom. The van der Waals surface area contributed by atoms with Crippen LogP contribution >= 0.6 is 11.6 Å². The van der Waals surface area contributed by atoms with Crippen LogP contribution in [0.15, 0.2) is 24.3 Å². The van der Waals surface area contributed by atoms with Gasteiger partial charge in [0.25, 0.3) is 0 Å². The Morgan fingerprint density at radius 1 is 1.33 bits per heavy atom. The molecular weight excluding hydrogens is 210 g/mol. The average Bonchev–Trinajstić information content (AvgIpc) is 2.67. The highest BCUT2D eigenvalue weighted by Crippen LogP contribution is 2.29. The minimum Gasteiger partial charge on any atom is -0.315 e. The largest absolute Gasteiger partial charge is 0.315 e. The van der Waals surface area contributed by atoms with E-state index in [0.29, 0.717) is 5.92 Å². The molecule has 0 radical (unpaired) electrons. The second kappa shape index (κ2) is 4.33. The number of hydrogen-bond acceptors (Lipinski definition) is 2. The molecule has 15 heavy (non-hydrogen) atoms. The summed E-state index contributed by atoms with van der Waals surface area (Å²) in [5.41, 5.74) is 1.20. The average molecular weight is 224 g/mol. The van der Waals surface area contributed by atoms with Gasteiger partial charge in [0.2, 0.25) is 0 Å². The van der Waals surface area contributed by atoms with Crippen molar-refractivity contribution < 1.29 is 4.79 Å². The Hall–Kier alpha value is -0.860. The summed E-state index contributed by atoms with van der Waals surface area (Å²) in [6.45, 7) is 3.34. The molecule has 1 aromatic carbocycles. The van der Waals surface area contributed by atoms with Gasteiger partial charge in [-0.25, -0.2) is 0 Å². The summed E-state index contributed by atoms with van der Waals surface area (Å²) in [5, 5.41) is 4.00. The van der Waals surface area contributed by atoms with E-state index in [1.54, 1.807) is 6.92 Å². The topological polar surface area (TPSA) is 29.1 Å². The second-order valence-electron chi connectivity index (χ2n) is 4.03. The molecule has 0 bridgehead atoms. The van der Waals surface area contributed by atoms with Crippen LogP contribution in [0.4, 0.5) is 0 Å². The van der Waals surface area contributed by atoms with Crippen LogP contribution in [0.1, 0.15) is 18.4 Å². The number of hydrogen-bond donors (Lipinski definition) is 1. The van der Waals surface area contributed by atoms with Crippen molar-refractivity contribution in [3.63, 3.8) is 0 Å². The van der Waals surface area contributed by atoms with Crippen LogP contribution in [-0.2, 0) is 4.79 Å². The fourth-order valence-electron chi connectivity index (χ4n) is 2.17. The van der Waals surface area contributed by atoms with Gasteiger partial charge in [-0.05, 0) is 24.6 Å². The molecule has 1 N–H and O–H groups in total. The van der Waals surface area contributed by atoms with Gasteiger partial charge in [0.15, 0.2) is 0 Å². The zero-order valence-electron chi connectivity index (χ0n) is 8.66. The summed E-state index contributed by atoms with van der Waals surface area (Å²) in [6, 6.07) is 7.78. The maximum Gasteiger partial charge on any atom is 0.134 e. The van der Waals surface area contributed by atoms with E-state index in [1.165, 1.54) is 5.56 Å². The smallest absolute Gasteiger partial charge is 0.134 e. The summed E-state index contributed by atoms with van der Waals surface area (Å²) in [7, 11) is 0. The molecule has 1 aliphatic rings. The molecule has 0 amide bonds. The molecule has 1 saturated heterocycles. The van der Waals surface area contributed by atoms with Crippen molar-refractivity contribution in [2.24, 2.45) is 5.92 Å². The summed E-state index contributed by atoms with van der Waals surface area (Å²) in [4.78, 5) is 11.4. The lowest BCUT2D eigenvalue weighted by atomic mass is 9.87. The summed E-state index contributed by atoms with van der Waals surface area (Å²) in [6.07, 6.45) is 0. The van der Waals surface area contributed by atoms with Crippen molar-refractivity contribution in [3.8, 4) is 0 Å². The maximum absolute atomic E-state index is 11.4. The van der Waals surface area contributed by atoms with Crippen molar-refractivity contribution in [2.45, 2.75) is 12.8 Å². The van der Waals surface area contributed by atoms with Gasteiger partial charge >= 0.3 is 0 Å². The Labute approximate surface area is 94.6 Å². The molecule has 1 aliphatic heterocycles. The Kier molecular flexibility index (Phi) is 3.08. The summed E-state index contributed by atoms with van der Waals surface area (Å²) in [5.74, 6) is 0.686. The SMILES string of the molecule is CC(=O)C1CNC[C@H]1c1ccc(Cl)cc1. The molecule has 3 heteroatoms. The fraction of sp³-hybridized carbons (Fsp3) is 0.417. The van der Waals surface area contributed by atoms with Gasteiger partial charge in [-0.2, -0.15) is 0 Å². The first-order chi connectivity index (χ1) is 7.18. The zero-order valence-corrected chi connectivity index (χ0v) is 9.42. The first-order valence-corrected chi connectivity index (χ1v) is 5.53. The molecule has 2 nitrogen and oxygen atoms in total. The van der Waals surface area contributed by atoms with E-state index in [4.69, 9.17) is 11.6 Å². The van der Waals surface area contributed by atoms with Crippen molar-refractivity contribution in [2.75, 3.05) is 13.1 Å². The van der Waals surface area contributed by atoms with Crippen LogP contribution in [0.2, 0.25) is 5.02 Å². The van der Waals surface area contributed by atoms with Crippen LogP contribution in [0, 0.1) is 5.92 Å². The minimum atomic E-state index is 0.117. The molecule has 0 aromatic heterocycles. The highest BCUT2D eigenvalue weighted by atomic mass is 35.5. The van der Waals surface area contributed by atoms with Crippen molar-refractivity contribution in [1.29, 1.82) is 0 Å². The molecule has 0 saturated carbocycles. The van der Waals surface area contributed by atoms with E-state index in [2.05, 4.69) is 5.32 Å². The second-order valence-corrected chi connectivity index (χ2v) is 4.47.